The molecule has 0 bridgehead atoms. The van der Waals surface area contributed by atoms with Crippen LogP contribution in [0.4, 0.5) is 4.39 Å². The number of aliphatic hydroxyl groups is 1. The van der Waals surface area contributed by atoms with Gasteiger partial charge in [-0.05, 0) is 37.4 Å². The third-order valence-corrected chi connectivity index (χ3v) is 3.59. The fraction of sp³-hybridized carbons (Fsp3) is 0.571. The number of halogens is 1. The Morgan fingerprint density at radius 3 is 2.88 bits per heavy atom. The van der Waals surface area contributed by atoms with Gasteiger partial charge in [0.15, 0.2) is 0 Å². The zero-order valence-electron chi connectivity index (χ0n) is 10.1. The smallest absolute Gasteiger partial charge is 0.126 e. The number of nitrogens with zero attached hydrogens (tertiary/aromatic N) is 1. The normalized spacial score (nSPS) is 21.6. The van der Waals surface area contributed by atoms with Crippen molar-refractivity contribution >= 4 is 0 Å². The van der Waals surface area contributed by atoms with Crippen LogP contribution in [0.1, 0.15) is 24.8 Å². The SMILES string of the molecule is OCC1CCCCN1CCc1ccccc1F. The van der Waals surface area contributed by atoms with Crippen LogP contribution in [0, 0.1) is 5.82 Å². The van der Waals surface area contributed by atoms with Crippen molar-refractivity contribution in [2.24, 2.45) is 0 Å². The molecule has 2 rings (SSSR count). The second-order valence-electron chi connectivity index (χ2n) is 4.71. The lowest BCUT2D eigenvalue weighted by Gasteiger charge is -2.34. The highest BCUT2D eigenvalue weighted by Gasteiger charge is 2.21. The van der Waals surface area contributed by atoms with E-state index in [9.17, 15) is 9.50 Å². The maximum atomic E-state index is 13.5. The number of hydrogen-bond donors (Lipinski definition) is 1. The Morgan fingerprint density at radius 1 is 1.29 bits per heavy atom. The third-order valence-electron chi connectivity index (χ3n) is 3.59. The quantitative estimate of drug-likeness (QED) is 0.868. The lowest BCUT2D eigenvalue weighted by molar-refractivity contribution is 0.0911. The zero-order chi connectivity index (χ0) is 12.1. The fourth-order valence-corrected chi connectivity index (χ4v) is 2.53. The molecule has 1 saturated heterocycles. The lowest BCUT2D eigenvalue weighted by atomic mass is 10.0. The van der Waals surface area contributed by atoms with E-state index in [1.165, 1.54) is 18.9 Å². The van der Waals surface area contributed by atoms with Gasteiger partial charge in [-0.15, -0.1) is 0 Å². The van der Waals surface area contributed by atoms with Gasteiger partial charge < -0.3 is 5.11 Å². The van der Waals surface area contributed by atoms with Gasteiger partial charge >= 0.3 is 0 Å². The van der Waals surface area contributed by atoms with Crippen LogP contribution in [-0.2, 0) is 6.42 Å². The molecule has 1 aliphatic rings. The van der Waals surface area contributed by atoms with E-state index >= 15 is 0 Å². The second-order valence-corrected chi connectivity index (χ2v) is 4.71. The van der Waals surface area contributed by atoms with E-state index in [0.717, 1.165) is 31.5 Å². The van der Waals surface area contributed by atoms with Gasteiger partial charge in [0, 0.05) is 12.6 Å². The Bertz CT molecular complexity index is 356. The van der Waals surface area contributed by atoms with Crippen molar-refractivity contribution < 1.29 is 9.50 Å². The topological polar surface area (TPSA) is 23.5 Å². The van der Waals surface area contributed by atoms with E-state index in [1.54, 1.807) is 6.07 Å². The van der Waals surface area contributed by atoms with E-state index < -0.39 is 0 Å². The first kappa shape index (κ1) is 12.5. The molecule has 1 atom stereocenters. The minimum Gasteiger partial charge on any atom is -0.395 e. The summed E-state index contributed by atoms with van der Waals surface area (Å²) in [6.45, 7) is 2.09. The summed E-state index contributed by atoms with van der Waals surface area (Å²) in [5.74, 6) is -0.120. The summed E-state index contributed by atoms with van der Waals surface area (Å²) in [6.07, 6.45) is 4.17. The predicted octanol–water partition coefficient (Wildman–Crippen LogP) is 2.21. The maximum Gasteiger partial charge on any atom is 0.126 e. The Kier molecular flexibility index (Phi) is 4.51. The number of piperidine rings is 1. The van der Waals surface area contributed by atoms with Crippen LogP contribution in [0.15, 0.2) is 24.3 Å². The Hall–Kier alpha value is -0.930. The van der Waals surface area contributed by atoms with Gasteiger partial charge in [-0.1, -0.05) is 24.6 Å². The van der Waals surface area contributed by atoms with Crippen LogP contribution in [0.5, 0.6) is 0 Å². The Balaban J connectivity index is 1.90. The molecule has 3 heteroatoms. The molecule has 0 saturated carbocycles. The molecule has 17 heavy (non-hydrogen) atoms. The van der Waals surface area contributed by atoms with Crippen LogP contribution in [0.2, 0.25) is 0 Å². The summed E-state index contributed by atoms with van der Waals surface area (Å²) in [5, 5.41) is 9.30. The van der Waals surface area contributed by atoms with Crippen LogP contribution in [0.3, 0.4) is 0 Å². The Labute approximate surface area is 102 Å². The summed E-state index contributed by atoms with van der Waals surface area (Å²) < 4.78 is 13.5. The van der Waals surface area contributed by atoms with Crippen molar-refractivity contribution in [2.75, 3.05) is 19.7 Å². The standard InChI is InChI=1S/C14H20FNO/c15-14-7-2-1-5-12(14)8-10-16-9-4-3-6-13(16)11-17/h1-2,5,7,13,17H,3-4,6,8-11H2. The zero-order valence-corrected chi connectivity index (χ0v) is 10.1. The maximum absolute atomic E-state index is 13.5. The largest absolute Gasteiger partial charge is 0.395 e. The van der Waals surface area contributed by atoms with Crippen LogP contribution >= 0.6 is 0 Å². The minimum atomic E-state index is -0.120. The highest BCUT2D eigenvalue weighted by molar-refractivity contribution is 5.17. The molecule has 1 unspecified atom stereocenters. The molecule has 2 nitrogen and oxygen atoms in total. The highest BCUT2D eigenvalue weighted by atomic mass is 19.1. The predicted molar refractivity (Wildman–Crippen MR) is 66.4 cm³/mol. The molecule has 1 aromatic carbocycles. The van der Waals surface area contributed by atoms with Crippen LogP contribution in [0.25, 0.3) is 0 Å². The molecule has 0 aliphatic carbocycles. The summed E-state index contributed by atoms with van der Waals surface area (Å²) in [5.41, 5.74) is 0.773. The summed E-state index contributed by atoms with van der Waals surface area (Å²) in [4.78, 5) is 2.29. The van der Waals surface area contributed by atoms with Gasteiger partial charge in [0.25, 0.3) is 0 Å². The van der Waals surface area contributed by atoms with Crippen molar-refractivity contribution in [3.8, 4) is 0 Å². The van der Waals surface area contributed by atoms with Crippen molar-refractivity contribution in [1.82, 2.24) is 4.90 Å². The molecule has 1 N–H and O–H groups in total. The number of benzene rings is 1. The third kappa shape index (κ3) is 3.27. The molecule has 0 spiro atoms. The first-order chi connectivity index (χ1) is 8.31. The number of hydrogen-bond acceptors (Lipinski definition) is 2. The van der Waals surface area contributed by atoms with Gasteiger partial charge in [-0.3, -0.25) is 4.90 Å². The average molecular weight is 237 g/mol. The van der Waals surface area contributed by atoms with Crippen LogP contribution < -0.4 is 0 Å². The van der Waals surface area contributed by atoms with Gasteiger partial charge in [-0.25, -0.2) is 4.39 Å². The monoisotopic (exact) mass is 237 g/mol. The minimum absolute atomic E-state index is 0.120. The van der Waals surface area contributed by atoms with Crippen molar-refractivity contribution in [3.63, 3.8) is 0 Å². The molecule has 1 fully saturated rings. The fourth-order valence-electron chi connectivity index (χ4n) is 2.53. The van der Waals surface area contributed by atoms with E-state index in [-0.39, 0.29) is 18.5 Å². The van der Waals surface area contributed by atoms with Gasteiger partial charge in [0.2, 0.25) is 0 Å². The van der Waals surface area contributed by atoms with Crippen molar-refractivity contribution in [1.29, 1.82) is 0 Å². The molecular formula is C14H20FNO. The molecule has 1 aliphatic heterocycles. The average Bonchev–Trinajstić information content (AvgIpc) is 2.38. The lowest BCUT2D eigenvalue weighted by Crippen LogP contribution is -2.42. The second kappa shape index (κ2) is 6.12. The molecule has 0 radical (unpaired) electrons. The van der Waals surface area contributed by atoms with Gasteiger partial charge in [-0.2, -0.15) is 0 Å². The van der Waals surface area contributed by atoms with E-state index in [0.29, 0.717) is 0 Å². The molecular weight excluding hydrogens is 217 g/mol. The molecule has 0 aromatic heterocycles. The van der Waals surface area contributed by atoms with Crippen molar-refractivity contribution in [2.45, 2.75) is 31.7 Å². The molecule has 1 aromatic rings. The number of aliphatic hydroxyl groups excluding tert-OH is 1. The number of rotatable bonds is 4. The van der Waals surface area contributed by atoms with Crippen molar-refractivity contribution in [3.05, 3.63) is 35.6 Å². The molecule has 1 heterocycles. The number of likely N-dealkylation sites (tertiary alicyclic amines) is 1. The summed E-state index contributed by atoms with van der Waals surface area (Å²) >= 11 is 0. The summed E-state index contributed by atoms with van der Waals surface area (Å²) in [6, 6.07) is 7.21. The van der Waals surface area contributed by atoms with E-state index in [1.807, 2.05) is 12.1 Å². The highest BCUT2D eigenvalue weighted by Crippen LogP contribution is 2.17. The van der Waals surface area contributed by atoms with Gasteiger partial charge in [0.05, 0.1) is 6.61 Å². The van der Waals surface area contributed by atoms with E-state index in [2.05, 4.69) is 4.90 Å². The summed E-state index contributed by atoms with van der Waals surface area (Å²) in [7, 11) is 0. The Morgan fingerprint density at radius 2 is 2.12 bits per heavy atom. The van der Waals surface area contributed by atoms with E-state index in [4.69, 9.17) is 0 Å². The molecule has 94 valence electrons. The molecule has 0 amide bonds. The first-order valence-corrected chi connectivity index (χ1v) is 6.39. The van der Waals surface area contributed by atoms with Crippen LogP contribution in [-0.4, -0.2) is 35.7 Å². The van der Waals surface area contributed by atoms with Gasteiger partial charge in [0.1, 0.15) is 5.82 Å². The first-order valence-electron chi connectivity index (χ1n) is 6.39.